The predicted octanol–water partition coefficient (Wildman–Crippen LogP) is 1.38. The molecule has 114 valence electrons. The second kappa shape index (κ2) is 8.03. The van der Waals surface area contributed by atoms with Crippen LogP contribution in [0.4, 0.5) is 0 Å². The molecule has 0 radical (unpaired) electrons. The first kappa shape index (κ1) is 18.6. The maximum absolute atomic E-state index is 12.3. The van der Waals surface area contributed by atoms with Crippen molar-refractivity contribution < 1.29 is 23.5 Å². The van der Waals surface area contributed by atoms with Gasteiger partial charge in [-0.15, -0.1) is 0 Å². The minimum absolute atomic E-state index is 0.162. The Balaban J connectivity index is 4.10. The molecule has 0 aromatic carbocycles. The minimum atomic E-state index is -2.59. The van der Waals surface area contributed by atoms with Gasteiger partial charge in [0.05, 0.1) is 26.1 Å². The molecule has 0 fully saturated rings. The first-order valence-electron chi connectivity index (χ1n) is 6.85. The van der Waals surface area contributed by atoms with E-state index in [0.717, 1.165) is 11.3 Å². The van der Waals surface area contributed by atoms with Gasteiger partial charge >= 0.3 is 5.97 Å². The molecule has 0 saturated heterocycles. The van der Waals surface area contributed by atoms with Crippen molar-refractivity contribution in [2.24, 2.45) is 5.41 Å². The SMILES string of the molecule is CCC(C)(C)C(=O)OCCOP(=O)(CC)C[NH+](C)C. The zero-order chi connectivity index (χ0) is 15.1. The highest BCUT2D eigenvalue weighted by Gasteiger charge is 2.28. The molecule has 1 unspecified atom stereocenters. The molecule has 1 atom stereocenters. The fraction of sp³-hybridized carbons (Fsp3) is 0.923. The van der Waals surface area contributed by atoms with Gasteiger partial charge in [-0.2, -0.15) is 0 Å². The van der Waals surface area contributed by atoms with Crippen molar-refractivity contribution in [1.29, 1.82) is 0 Å². The van der Waals surface area contributed by atoms with E-state index < -0.39 is 12.8 Å². The van der Waals surface area contributed by atoms with Gasteiger partial charge in [0.25, 0.3) is 7.37 Å². The van der Waals surface area contributed by atoms with Crippen LogP contribution < -0.4 is 4.90 Å². The van der Waals surface area contributed by atoms with Crippen LogP contribution in [0.15, 0.2) is 0 Å². The molecule has 0 aromatic heterocycles. The number of rotatable bonds is 9. The highest BCUT2D eigenvalue weighted by atomic mass is 31.2. The maximum atomic E-state index is 12.3. The van der Waals surface area contributed by atoms with Gasteiger partial charge in [-0.3, -0.25) is 9.36 Å². The number of nitrogens with one attached hydrogen (secondary N) is 1. The summed E-state index contributed by atoms with van der Waals surface area (Å²) in [6.45, 7) is 7.86. The normalized spacial score (nSPS) is 15.3. The van der Waals surface area contributed by atoms with Crippen LogP contribution in [0, 0.1) is 5.41 Å². The van der Waals surface area contributed by atoms with Gasteiger partial charge in [0.15, 0.2) is 6.29 Å². The average Bonchev–Trinajstić information content (AvgIpc) is 2.33. The number of hydrogen-bond acceptors (Lipinski definition) is 4. The molecule has 0 aliphatic rings. The van der Waals surface area contributed by atoms with Crippen LogP contribution in [-0.4, -0.2) is 45.7 Å². The monoisotopic (exact) mass is 294 g/mol. The third-order valence-electron chi connectivity index (χ3n) is 3.12. The van der Waals surface area contributed by atoms with Gasteiger partial charge in [-0.1, -0.05) is 13.8 Å². The molecule has 0 amide bonds. The fourth-order valence-electron chi connectivity index (χ4n) is 1.41. The van der Waals surface area contributed by atoms with Crippen molar-refractivity contribution in [3.63, 3.8) is 0 Å². The standard InChI is InChI=1S/C13H28NO4P/c1-7-13(3,4)12(15)17-9-10-18-19(16,8-2)11-14(5)6/h7-11H2,1-6H3/p+1. The first-order valence-corrected chi connectivity index (χ1v) is 8.85. The largest absolute Gasteiger partial charge is 0.463 e. The lowest BCUT2D eigenvalue weighted by Crippen LogP contribution is -3.05. The molecule has 19 heavy (non-hydrogen) atoms. The Morgan fingerprint density at radius 1 is 1.21 bits per heavy atom. The Morgan fingerprint density at radius 3 is 2.21 bits per heavy atom. The van der Waals surface area contributed by atoms with Crippen LogP contribution >= 0.6 is 7.37 Å². The predicted molar refractivity (Wildman–Crippen MR) is 76.8 cm³/mol. The average molecular weight is 294 g/mol. The van der Waals surface area contributed by atoms with E-state index in [9.17, 15) is 9.36 Å². The Kier molecular flexibility index (Phi) is 7.87. The van der Waals surface area contributed by atoms with Crippen LogP contribution in [0.25, 0.3) is 0 Å². The molecular weight excluding hydrogens is 265 g/mol. The lowest BCUT2D eigenvalue weighted by molar-refractivity contribution is -0.846. The van der Waals surface area contributed by atoms with Crippen molar-refractivity contribution in [1.82, 2.24) is 0 Å². The van der Waals surface area contributed by atoms with Crippen molar-refractivity contribution >= 4 is 13.3 Å². The summed E-state index contributed by atoms with van der Waals surface area (Å²) in [6.07, 6.45) is 1.73. The summed E-state index contributed by atoms with van der Waals surface area (Å²) in [5.41, 5.74) is -0.470. The molecule has 5 nitrogen and oxygen atoms in total. The minimum Gasteiger partial charge on any atom is -0.463 e. The number of ether oxygens (including phenoxy) is 1. The molecule has 0 aliphatic heterocycles. The van der Waals surface area contributed by atoms with E-state index in [4.69, 9.17) is 9.26 Å². The summed E-state index contributed by atoms with van der Waals surface area (Å²) in [5, 5.41) is 0. The fourth-order valence-corrected chi connectivity index (χ4v) is 3.28. The van der Waals surface area contributed by atoms with E-state index in [1.807, 2.05) is 41.8 Å². The van der Waals surface area contributed by atoms with Crippen molar-refractivity contribution in [3.8, 4) is 0 Å². The number of carbonyl (C=O) groups is 1. The molecule has 0 aromatic rings. The summed E-state index contributed by atoms with van der Waals surface area (Å²) in [6, 6.07) is 0. The van der Waals surface area contributed by atoms with Gasteiger partial charge in [0, 0.05) is 6.16 Å². The molecule has 0 bridgehead atoms. The lowest BCUT2D eigenvalue weighted by atomic mass is 9.91. The molecule has 6 heteroatoms. The Hall–Kier alpha value is -0.380. The molecule has 0 aliphatic carbocycles. The third-order valence-corrected chi connectivity index (χ3v) is 5.85. The van der Waals surface area contributed by atoms with Gasteiger partial charge in [-0.25, -0.2) is 0 Å². The number of hydrogen-bond donors (Lipinski definition) is 1. The van der Waals surface area contributed by atoms with Crippen LogP contribution in [0.1, 0.15) is 34.1 Å². The lowest BCUT2D eigenvalue weighted by Gasteiger charge is -2.21. The second-order valence-electron chi connectivity index (χ2n) is 5.70. The molecule has 1 N–H and O–H groups in total. The van der Waals surface area contributed by atoms with Gasteiger partial charge in [0.2, 0.25) is 0 Å². The summed E-state index contributed by atoms with van der Waals surface area (Å²) in [5.74, 6) is -0.233. The Morgan fingerprint density at radius 2 is 1.79 bits per heavy atom. The molecule has 0 heterocycles. The van der Waals surface area contributed by atoms with Crippen molar-refractivity contribution in [2.45, 2.75) is 34.1 Å². The van der Waals surface area contributed by atoms with Crippen LogP contribution in [0.3, 0.4) is 0 Å². The van der Waals surface area contributed by atoms with E-state index in [1.54, 1.807) is 0 Å². The number of carbonyl (C=O) groups excluding carboxylic acids is 1. The van der Waals surface area contributed by atoms with Crippen LogP contribution in [0.2, 0.25) is 0 Å². The number of quaternary nitrogens is 1. The highest BCUT2D eigenvalue weighted by molar-refractivity contribution is 7.58. The Labute approximate surface area is 117 Å². The smallest absolute Gasteiger partial charge is 0.311 e. The van der Waals surface area contributed by atoms with Gasteiger partial charge in [-0.05, 0) is 20.3 Å². The first-order chi connectivity index (χ1) is 8.67. The van der Waals surface area contributed by atoms with E-state index in [-0.39, 0.29) is 19.2 Å². The topological polar surface area (TPSA) is 57.0 Å². The van der Waals surface area contributed by atoms with Gasteiger partial charge in [0.1, 0.15) is 6.61 Å². The molecule has 0 saturated carbocycles. The summed E-state index contributed by atoms with van der Waals surface area (Å²) in [4.78, 5) is 12.8. The van der Waals surface area contributed by atoms with Crippen LogP contribution in [-0.2, 0) is 18.6 Å². The van der Waals surface area contributed by atoms with Crippen LogP contribution in [0.5, 0.6) is 0 Å². The zero-order valence-electron chi connectivity index (χ0n) is 13.1. The Bertz CT molecular complexity index is 329. The molecule has 0 spiro atoms. The molecule has 0 rings (SSSR count). The van der Waals surface area contributed by atoms with Crippen molar-refractivity contribution in [3.05, 3.63) is 0 Å². The summed E-state index contributed by atoms with van der Waals surface area (Å²) in [7, 11) is 1.29. The quantitative estimate of drug-likeness (QED) is 0.396. The van der Waals surface area contributed by atoms with E-state index in [0.29, 0.717) is 12.4 Å². The molecular formula is C13H29NO4P+. The highest BCUT2D eigenvalue weighted by Crippen LogP contribution is 2.43. The van der Waals surface area contributed by atoms with Crippen molar-refractivity contribution in [2.75, 3.05) is 39.8 Å². The van der Waals surface area contributed by atoms with E-state index in [2.05, 4.69) is 0 Å². The number of esters is 1. The van der Waals surface area contributed by atoms with E-state index >= 15 is 0 Å². The van der Waals surface area contributed by atoms with E-state index in [1.165, 1.54) is 0 Å². The maximum Gasteiger partial charge on any atom is 0.311 e. The second-order valence-corrected chi connectivity index (χ2v) is 8.54. The summed E-state index contributed by atoms with van der Waals surface area (Å²) < 4.78 is 22.9. The zero-order valence-corrected chi connectivity index (χ0v) is 14.0. The van der Waals surface area contributed by atoms with Gasteiger partial charge < -0.3 is 14.2 Å². The third kappa shape index (κ3) is 7.09. The summed E-state index contributed by atoms with van der Waals surface area (Å²) >= 11 is 0.